The van der Waals surface area contributed by atoms with Crippen LogP contribution in [0.2, 0.25) is 0 Å². The minimum absolute atomic E-state index is 0.233. The summed E-state index contributed by atoms with van der Waals surface area (Å²) >= 11 is 0. The number of nitrogens with two attached hydrogens (primary N) is 1. The van der Waals surface area contributed by atoms with Crippen molar-refractivity contribution < 1.29 is 4.79 Å². The van der Waals surface area contributed by atoms with Gasteiger partial charge in [0.25, 0.3) is 0 Å². The Balaban J connectivity index is 1.63. The highest BCUT2D eigenvalue weighted by Gasteiger charge is 2.18. The Labute approximate surface area is 179 Å². The minimum Gasteiger partial charge on any atom is -0.382 e. The third-order valence-corrected chi connectivity index (χ3v) is 4.92. The van der Waals surface area contributed by atoms with Crippen LogP contribution in [0.4, 0.5) is 16.3 Å². The maximum Gasteiger partial charge on any atom is 0.319 e. The number of rotatable bonds is 5. The normalized spacial score (nSPS) is 11.0. The maximum atomic E-state index is 12.4. The predicted octanol–water partition coefficient (Wildman–Crippen LogP) is 4.02. The summed E-state index contributed by atoms with van der Waals surface area (Å²) in [6.07, 6.45) is 0. The van der Waals surface area contributed by atoms with E-state index in [0.29, 0.717) is 34.3 Å². The fourth-order valence-electron chi connectivity index (χ4n) is 3.56. The summed E-state index contributed by atoms with van der Waals surface area (Å²) in [4.78, 5) is 21.6. The molecule has 0 saturated heterocycles. The standard InChI is InChI=1S/C23H23N7O/c1-14(2)13-30-19(12-26-23(31)27-16-9-7-15(11-24)8-10-16)29-20-21(30)17-5-3-4-6-18(17)28-22(20)25/h3-10,14H,12-13H2,1-2H3,(H2,25,28)(H2,26,27,31). The first kappa shape index (κ1) is 20.2. The first-order valence-electron chi connectivity index (χ1n) is 10.0. The Morgan fingerprint density at radius 1 is 1.16 bits per heavy atom. The average Bonchev–Trinajstić information content (AvgIpc) is 3.11. The lowest BCUT2D eigenvalue weighted by molar-refractivity contribution is 0.251. The van der Waals surface area contributed by atoms with E-state index in [1.54, 1.807) is 24.3 Å². The number of nitrogens with one attached hydrogen (secondary N) is 2. The van der Waals surface area contributed by atoms with Crippen molar-refractivity contribution in [1.82, 2.24) is 19.9 Å². The summed E-state index contributed by atoms with van der Waals surface area (Å²) in [5, 5.41) is 15.5. The molecular formula is C23H23N7O. The van der Waals surface area contributed by atoms with Gasteiger partial charge in [0.2, 0.25) is 0 Å². The lowest BCUT2D eigenvalue weighted by Gasteiger charge is -2.14. The highest BCUT2D eigenvalue weighted by atomic mass is 16.2. The van der Waals surface area contributed by atoms with Crippen molar-refractivity contribution in [3.8, 4) is 6.07 Å². The molecule has 156 valence electrons. The fourth-order valence-corrected chi connectivity index (χ4v) is 3.56. The molecule has 0 fully saturated rings. The van der Waals surface area contributed by atoms with Gasteiger partial charge in [0.15, 0.2) is 5.82 Å². The molecule has 0 aliphatic rings. The molecule has 0 atom stereocenters. The lowest BCUT2D eigenvalue weighted by atomic mass is 10.1. The van der Waals surface area contributed by atoms with Crippen molar-refractivity contribution in [2.24, 2.45) is 5.92 Å². The molecule has 0 unspecified atom stereocenters. The van der Waals surface area contributed by atoms with Gasteiger partial charge in [-0.1, -0.05) is 32.0 Å². The molecule has 31 heavy (non-hydrogen) atoms. The van der Waals surface area contributed by atoms with Gasteiger partial charge >= 0.3 is 6.03 Å². The molecular weight excluding hydrogens is 390 g/mol. The number of benzene rings is 2. The number of nitrogen functional groups attached to an aromatic ring is 1. The minimum atomic E-state index is -0.358. The zero-order valence-electron chi connectivity index (χ0n) is 17.4. The molecule has 2 amide bonds. The number of hydrogen-bond acceptors (Lipinski definition) is 5. The molecule has 2 aromatic heterocycles. The number of nitrogens with zero attached hydrogens (tertiary/aromatic N) is 4. The number of para-hydroxylation sites is 1. The van der Waals surface area contributed by atoms with Crippen molar-refractivity contribution >= 4 is 39.5 Å². The van der Waals surface area contributed by atoms with Gasteiger partial charge < -0.3 is 20.9 Å². The second-order valence-corrected chi connectivity index (χ2v) is 7.74. The summed E-state index contributed by atoms with van der Waals surface area (Å²) in [6.45, 7) is 5.23. The fraction of sp³-hybridized carbons (Fsp3) is 0.217. The van der Waals surface area contributed by atoms with Crippen molar-refractivity contribution in [1.29, 1.82) is 5.26 Å². The molecule has 4 rings (SSSR count). The van der Waals surface area contributed by atoms with Crippen molar-refractivity contribution in [3.05, 3.63) is 59.9 Å². The van der Waals surface area contributed by atoms with Gasteiger partial charge in [0.1, 0.15) is 11.3 Å². The number of aromatic nitrogens is 3. The van der Waals surface area contributed by atoms with Crippen molar-refractivity contribution in [3.63, 3.8) is 0 Å². The van der Waals surface area contributed by atoms with Gasteiger partial charge in [-0.3, -0.25) is 0 Å². The molecule has 0 radical (unpaired) electrons. The van der Waals surface area contributed by atoms with Gasteiger partial charge in [0.05, 0.1) is 29.2 Å². The highest BCUT2D eigenvalue weighted by molar-refractivity contribution is 6.06. The average molecular weight is 413 g/mol. The first-order valence-corrected chi connectivity index (χ1v) is 10.0. The number of anilines is 2. The van der Waals surface area contributed by atoms with Crippen molar-refractivity contribution in [2.45, 2.75) is 26.9 Å². The van der Waals surface area contributed by atoms with E-state index in [9.17, 15) is 4.79 Å². The maximum absolute atomic E-state index is 12.4. The number of imidazole rings is 1. The summed E-state index contributed by atoms with van der Waals surface area (Å²) in [5.41, 5.74) is 9.73. The Morgan fingerprint density at radius 2 is 1.90 bits per heavy atom. The third kappa shape index (κ3) is 4.12. The number of carbonyl (C=O) groups is 1. The van der Waals surface area contributed by atoms with Crippen LogP contribution in [0.1, 0.15) is 25.2 Å². The van der Waals surface area contributed by atoms with Crippen LogP contribution in [0.3, 0.4) is 0 Å². The zero-order chi connectivity index (χ0) is 22.0. The van der Waals surface area contributed by atoms with E-state index in [0.717, 1.165) is 23.0 Å². The molecule has 0 bridgehead atoms. The number of amides is 2. The van der Waals surface area contributed by atoms with Crippen LogP contribution >= 0.6 is 0 Å². The Morgan fingerprint density at radius 3 is 2.61 bits per heavy atom. The van der Waals surface area contributed by atoms with E-state index < -0.39 is 0 Å². The van der Waals surface area contributed by atoms with Crippen LogP contribution in [0.15, 0.2) is 48.5 Å². The second kappa shape index (κ2) is 8.32. The molecule has 2 aromatic carbocycles. The van der Waals surface area contributed by atoms with Gasteiger partial charge in [-0.2, -0.15) is 5.26 Å². The predicted molar refractivity (Wildman–Crippen MR) is 121 cm³/mol. The van der Waals surface area contributed by atoms with E-state index in [1.807, 2.05) is 24.3 Å². The SMILES string of the molecule is CC(C)Cn1c(CNC(=O)Nc2ccc(C#N)cc2)nc2c(N)nc3ccccc3c21. The van der Waals surface area contributed by atoms with Crippen LogP contribution in [0.5, 0.6) is 0 Å². The molecule has 4 N–H and O–H groups in total. The van der Waals surface area contributed by atoms with E-state index in [-0.39, 0.29) is 12.6 Å². The van der Waals surface area contributed by atoms with E-state index in [1.165, 1.54) is 0 Å². The largest absolute Gasteiger partial charge is 0.382 e. The number of fused-ring (bicyclic) bond motifs is 3. The monoisotopic (exact) mass is 413 g/mol. The van der Waals surface area contributed by atoms with Crippen LogP contribution in [0.25, 0.3) is 21.9 Å². The quantitative estimate of drug-likeness (QED) is 0.456. The number of carbonyl (C=O) groups excluding carboxylic acids is 1. The van der Waals surface area contributed by atoms with Gasteiger partial charge in [-0.05, 0) is 36.2 Å². The van der Waals surface area contributed by atoms with Crippen LogP contribution in [-0.2, 0) is 13.1 Å². The van der Waals surface area contributed by atoms with E-state index in [4.69, 9.17) is 16.0 Å². The number of urea groups is 1. The van der Waals surface area contributed by atoms with Gasteiger partial charge in [0, 0.05) is 17.6 Å². The molecule has 0 saturated carbocycles. The summed E-state index contributed by atoms with van der Waals surface area (Å²) < 4.78 is 2.11. The molecule has 0 aliphatic carbocycles. The number of hydrogen-bond donors (Lipinski definition) is 3. The van der Waals surface area contributed by atoms with E-state index in [2.05, 4.69) is 40.1 Å². The summed E-state index contributed by atoms with van der Waals surface area (Å²) in [7, 11) is 0. The first-order chi connectivity index (χ1) is 15.0. The molecule has 4 aromatic rings. The number of nitriles is 1. The van der Waals surface area contributed by atoms with Crippen LogP contribution in [-0.4, -0.2) is 20.6 Å². The van der Waals surface area contributed by atoms with Crippen LogP contribution in [0, 0.1) is 17.2 Å². The summed E-state index contributed by atoms with van der Waals surface area (Å²) in [5.74, 6) is 1.46. The van der Waals surface area contributed by atoms with Crippen LogP contribution < -0.4 is 16.4 Å². The van der Waals surface area contributed by atoms with E-state index >= 15 is 0 Å². The summed E-state index contributed by atoms with van der Waals surface area (Å²) in [6, 6.07) is 16.2. The lowest BCUT2D eigenvalue weighted by Crippen LogP contribution is -2.29. The highest BCUT2D eigenvalue weighted by Crippen LogP contribution is 2.29. The Kier molecular flexibility index (Phi) is 5.41. The Bertz CT molecular complexity index is 1300. The Hall–Kier alpha value is -4.12. The topological polar surface area (TPSA) is 122 Å². The van der Waals surface area contributed by atoms with Gasteiger partial charge in [-0.15, -0.1) is 0 Å². The molecule has 0 aliphatic heterocycles. The molecule has 0 spiro atoms. The van der Waals surface area contributed by atoms with Gasteiger partial charge in [-0.25, -0.2) is 14.8 Å². The smallest absolute Gasteiger partial charge is 0.319 e. The second-order valence-electron chi connectivity index (χ2n) is 7.74. The van der Waals surface area contributed by atoms with Crippen molar-refractivity contribution in [2.75, 3.05) is 11.1 Å². The zero-order valence-corrected chi connectivity index (χ0v) is 17.4. The molecule has 2 heterocycles. The molecule has 8 heteroatoms. The molecule has 8 nitrogen and oxygen atoms in total. The third-order valence-electron chi connectivity index (χ3n) is 4.92. The number of pyridine rings is 1.